The molecule has 0 radical (unpaired) electrons. The van der Waals surface area contributed by atoms with E-state index in [-0.39, 0.29) is 16.6 Å². The fourth-order valence-corrected chi connectivity index (χ4v) is 4.06. The third kappa shape index (κ3) is 3.16. The quantitative estimate of drug-likeness (QED) is 0.703. The fraction of sp³-hybridized carbons (Fsp3) is 0.105. The van der Waals surface area contributed by atoms with Gasteiger partial charge in [-0.25, -0.2) is 0 Å². The number of hydrogen-bond acceptors (Lipinski definition) is 6. The van der Waals surface area contributed by atoms with E-state index in [2.05, 4.69) is 20.2 Å². The number of carbonyl (C=O) groups excluding carboxylic acids is 1. The van der Waals surface area contributed by atoms with E-state index in [1.54, 1.807) is 56.3 Å². The Morgan fingerprint density at radius 3 is 2.43 bits per heavy atom. The Morgan fingerprint density at radius 2 is 1.75 bits per heavy atom. The van der Waals surface area contributed by atoms with Crippen LogP contribution >= 0.6 is 0 Å². The highest BCUT2D eigenvalue weighted by atomic mass is 32.2. The van der Waals surface area contributed by atoms with Gasteiger partial charge in [0.2, 0.25) is 0 Å². The lowest BCUT2D eigenvalue weighted by Gasteiger charge is -2.08. The van der Waals surface area contributed by atoms with Crippen LogP contribution in [0, 0.1) is 13.8 Å². The van der Waals surface area contributed by atoms with Crippen molar-refractivity contribution in [1.29, 1.82) is 0 Å². The molecule has 8 nitrogen and oxygen atoms in total. The van der Waals surface area contributed by atoms with Crippen LogP contribution in [-0.2, 0) is 10.0 Å². The van der Waals surface area contributed by atoms with Gasteiger partial charge >= 0.3 is 0 Å². The minimum Gasteiger partial charge on any atom is -0.359 e. The fourth-order valence-electron chi connectivity index (χ4n) is 2.88. The van der Waals surface area contributed by atoms with Crippen LogP contribution < -0.4 is 10.6 Å². The number of benzene rings is 2. The number of sulfonamides is 1. The first kappa shape index (κ1) is 17.9. The number of fused-ring (bicyclic) bond motifs is 1. The average molecular weight is 396 g/mol. The molecule has 1 aliphatic rings. The van der Waals surface area contributed by atoms with Crippen molar-refractivity contribution >= 4 is 33.1 Å². The van der Waals surface area contributed by atoms with Crippen LogP contribution in [0.25, 0.3) is 0 Å². The van der Waals surface area contributed by atoms with Crippen LogP contribution in [0.5, 0.6) is 0 Å². The van der Waals surface area contributed by atoms with Crippen molar-refractivity contribution in [2.75, 3.05) is 10.6 Å². The third-order valence-electron chi connectivity index (χ3n) is 4.31. The highest BCUT2D eigenvalue weighted by Crippen LogP contribution is 2.27. The first-order valence-corrected chi connectivity index (χ1v) is 9.85. The zero-order chi connectivity index (χ0) is 19.9. The molecule has 142 valence electrons. The van der Waals surface area contributed by atoms with Crippen molar-refractivity contribution in [1.82, 2.24) is 5.16 Å². The molecule has 4 rings (SSSR count). The van der Waals surface area contributed by atoms with Gasteiger partial charge in [0.25, 0.3) is 15.9 Å². The Bertz CT molecular complexity index is 1190. The summed E-state index contributed by atoms with van der Waals surface area (Å²) in [7, 11) is -3.69. The van der Waals surface area contributed by atoms with Gasteiger partial charge < -0.3 is 15.2 Å². The van der Waals surface area contributed by atoms with Crippen molar-refractivity contribution in [2.45, 2.75) is 18.7 Å². The molecule has 0 saturated heterocycles. The van der Waals surface area contributed by atoms with Crippen LogP contribution in [0.1, 0.15) is 27.4 Å². The van der Waals surface area contributed by atoms with Gasteiger partial charge in [0, 0.05) is 16.8 Å². The Hall–Kier alpha value is -3.46. The number of anilines is 2. The van der Waals surface area contributed by atoms with Crippen LogP contribution in [0.15, 0.2) is 62.3 Å². The Morgan fingerprint density at radius 1 is 1.04 bits per heavy atom. The molecule has 0 saturated carbocycles. The highest BCUT2D eigenvalue weighted by Gasteiger charge is 2.28. The molecule has 2 heterocycles. The maximum atomic E-state index is 12.4. The van der Waals surface area contributed by atoms with E-state index >= 15 is 0 Å². The maximum Gasteiger partial charge on any atom is 0.285 e. The van der Waals surface area contributed by atoms with Crippen molar-refractivity contribution in [2.24, 2.45) is 4.40 Å². The normalized spacial score (nSPS) is 14.3. The van der Waals surface area contributed by atoms with Gasteiger partial charge in [-0.3, -0.25) is 4.79 Å². The van der Waals surface area contributed by atoms with Crippen molar-refractivity contribution in [3.8, 4) is 0 Å². The van der Waals surface area contributed by atoms with Gasteiger partial charge in [-0.15, -0.1) is 4.40 Å². The lowest BCUT2D eigenvalue weighted by atomic mass is 10.1. The third-order valence-corrected chi connectivity index (χ3v) is 5.65. The number of aromatic nitrogens is 1. The molecule has 28 heavy (non-hydrogen) atoms. The van der Waals surface area contributed by atoms with E-state index in [0.717, 1.165) is 0 Å². The standard InChI is InChI=1S/C19H16N4O4S/c1-11-17(12(2)27-22-11)21-19(24)13-7-9-14(10-8-13)20-18-15-5-3-4-6-16(15)28(25,26)23-18/h3-10H,1-2H3,(H,20,23)(H,21,24). The minimum absolute atomic E-state index is 0.174. The molecule has 0 bridgehead atoms. The van der Waals surface area contributed by atoms with Gasteiger partial charge in [0.15, 0.2) is 11.6 Å². The predicted octanol–water partition coefficient (Wildman–Crippen LogP) is 3.10. The van der Waals surface area contributed by atoms with Crippen molar-refractivity contribution < 1.29 is 17.7 Å². The van der Waals surface area contributed by atoms with Crippen LogP contribution in [-0.4, -0.2) is 25.3 Å². The van der Waals surface area contributed by atoms with Gasteiger partial charge in [-0.2, -0.15) is 8.42 Å². The number of rotatable bonds is 3. The number of carbonyl (C=O) groups is 1. The molecule has 2 aromatic carbocycles. The summed E-state index contributed by atoms with van der Waals surface area (Å²) >= 11 is 0. The van der Waals surface area contributed by atoms with Gasteiger partial charge in [0.1, 0.15) is 16.3 Å². The van der Waals surface area contributed by atoms with Gasteiger partial charge in [0.05, 0.1) is 0 Å². The van der Waals surface area contributed by atoms with Gasteiger partial charge in [-0.05, 0) is 50.2 Å². The SMILES string of the molecule is Cc1noc(C)c1NC(=O)c1ccc(NC2=NS(=O)(=O)c3ccccc32)cc1. The van der Waals surface area contributed by atoms with Crippen LogP contribution in [0.4, 0.5) is 11.4 Å². The first-order chi connectivity index (χ1) is 13.3. The summed E-state index contributed by atoms with van der Waals surface area (Å²) in [6.07, 6.45) is 0. The van der Waals surface area contributed by atoms with E-state index in [1.807, 2.05) is 0 Å². The zero-order valence-corrected chi connectivity index (χ0v) is 15.9. The van der Waals surface area contributed by atoms with E-state index in [9.17, 15) is 13.2 Å². The van der Waals surface area contributed by atoms with E-state index in [1.165, 1.54) is 6.07 Å². The number of hydrogen-bond donors (Lipinski definition) is 2. The second-order valence-corrected chi connectivity index (χ2v) is 7.84. The molecule has 1 aliphatic heterocycles. The number of amides is 1. The van der Waals surface area contributed by atoms with E-state index < -0.39 is 10.0 Å². The van der Waals surface area contributed by atoms with Gasteiger partial charge in [-0.1, -0.05) is 17.3 Å². The van der Waals surface area contributed by atoms with Crippen LogP contribution in [0.3, 0.4) is 0 Å². The molecule has 1 amide bonds. The second kappa shape index (κ2) is 6.61. The summed E-state index contributed by atoms with van der Waals surface area (Å²) in [6.45, 7) is 3.46. The number of nitrogens with one attached hydrogen (secondary N) is 2. The summed E-state index contributed by atoms with van der Waals surface area (Å²) in [4.78, 5) is 12.6. The molecular formula is C19H16N4O4S. The summed E-state index contributed by atoms with van der Waals surface area (Å²) in [6, 6.07) is 13.2. The van der Waals surface area contributed by atoms with E-state index in [0.29, 0.717) is 34.0 Å². The highest BCUT2D eigenvalue weighted by molar-refractivity contribution is 7.90. The summed E-state index contributed by atoms with van der Waals surface area (Å²) in [5.74, 6) is 0.485. The molecule has 2 N–H and O–H groups in total. The van der Waals surface area contributed by atoms with E-state index in [4.69, 9.17) is 4.52 Å². The van der Waals surface area contributed by atoms with Crippen molar-refractivity contribution in [3.63, 3.8) is 0 Å². The topological polar surface area (TPSA) is 114 Å². The number of nitrogens with zero attached hydrogens (tertiary/aromatic N) is 2. The number of aryl methyl sites for hydroxylation is 2. The summed E-state index contributed by atoms with van der Waals surface area (Å²) < 4.78 is 33.0. The minimum atomic E-state index is -3.69. The first-order valence-electron chi connectivity index (χ1n) is 8.41. The monoisotopic (exact) mass is 396 g/mol. The maximum absolute atomic E-state index is 12.4. The van der Waals surface area contributed by atoms with Crippen LogP contribution in [0.2, 0.25) is 0 Å². The summed E-state index contributed by atoms with van der Waals surface area (Å²) in [5, 5.41) is 9.57. The average Bonchev–Trinajstić information content (AvgIpc) is 3.13. The molecule has 0 spiro atoms. The lowest BCUT2D eigenvalue weighted by Crippen LogP contribution is -2.14. The molecule has 0 unspecified atom stereocenters. The second-order valence-electron chi connectivity index (χ2n) is 6.27. The molecule has 0 atom stereocenters. The lowest BCUT2D eigenvalue weighted by molar-refractivity contribution is 0.102. The Balaban J connectivity index is 1.52. The predicted molar refractivity (Wildman–Crippen MR) is 104 cm³/mol. The summed E-state index contributed by atoms with van der Waals surface area (Å²) in [5.41, 5.74) is 2.71. The molecular weight excluding hydrogens is 380 g/mol. The molecule has 3 aromatic rings. The number of amidine groups is 1. The smallest absolute Gasteiger partial charge is 0.285 e. The zero-order valence-electron chi connectivity index (χ0n) is 15.1. The van der Waals surface area contributed by atoms with Crippen molar-refractivity contribution in [3.05, 3.63) is 71.1 Å². The molecule has 0 aliphatic carbocycles. The molecule has 1 aromatic heterocycles. The molecule has 9 heteroatoms. The molecule has 0 fully saturated rings. The Kier molecular flexibility index (Phi) is 4.23. The Labute approximate surface area is 161 Å². The largest absolute Gasteiger partial charge is 0.359 e.